The van der Waals surface area contributed by atoms with E-state index in [2.05, 4.69) is 223 Å². The number of benzene rings is 6. The summed E-state index contributed by atoms with van der Waals surface area (Å²) in [5, 5.41) is 0. The van der Waals surface area contributed by atoms with Gasteiger partial charge in [-0.05, 0) is 207 Å². The monoisotopic (exact) mass is 791 g/mol. The van der Waals surface area contributed by atoms with Gasteiger partial charge in [0.25, 0.3) is 0 Å². The third-order valence-corrected chi connectivity index (χ3v) is 11.9. The van der Waals surface area contributed by atoms with Crippen LogP contribution in [0.4, 0.5) is 0 Å². The fourth-order valence-electron chi connectivity index (χ4n) is 7.83. The van der Waals surface area contributed by atoms with Crippen LogP contribution in [0.3, 0.4) is 0 Å². The first-order valence-corrected chi connectivity index (χ1v) is 21.6. The van der Waals surface area contributed by atoms with Gasteiger partial charge in [-0.2, -0.15) is 0 Å². The molecule has 6 aromatic rings. The van der Waals surface area contributed by atoms with E-state index in [0.717, 1.165) is 23.0 Å². The molecule has 6 aromatic carbocycles. The van der Waals surface area contributed by atoms with Crippen LogP contribution in [0, 0.1) is 0 Å². The average Bonchev–Trinajstić information content (AvgIpc) is 3.42. The van der Waals surface area contributed by atoms with Gasteiger partial charge in [-0.3, -0.25) is 0 Å². The average molecular weight is 792 g/mol. The zero-order chi connectivity index (χ0) is 41.7. The van der Waals surface area contributed by atoms with Gasteiger partial charge in [-0.1, -0.05) is 48.5 Å². The second-order valence-corrected chi connectivity index (χ2v) is 21.2. The molecule has 300 valence electrons. The third-order valence-electron chi connectivity index (χ3n) is 9.64. The number of hydrogen-bond donors (Lipinski definition) is 0. The number of fused-ring (bicyclic) bond motifs is 3. The summed E-state index contributed by atoms with van der Waals surface area (Å²) in [5.74, 6) is 3.41. The molecule has 0 spiro atoms. The molecule has 0 bridgehead atoms. The number of hydrogen-bond acceptors (Lipinski definition) is 4. The van der Waals surface area contributed by atoms with Gasteiger partial charge < -0.3 is 18.9 Å². The Morgan fingerprint density at radius 1 is 0.345 bits per heavy atom. The minimum Gasteiger partial charge on any atom is -0.488 e. The molecule has 0 atom stereocenters. The molecule has 0 radical (unpaired) electrons. The predicted octanol–water partition coefficient (Wildman–Crippen LogP) is 13.9. The summed E-state index contributed by atoms with van der Waals surface area (Å²) in [6, 6.07) is 50.8. The van der Waals surface area contributed by atoms with Gasteiger partial charge in [0.2, 0.25) is 0 Å². The fraction of sp³-hybridized carbons (Fsp3) is 0.321. The molecule has 0 N–H and O–H groups in total. The largest absolute Gasteiger partial charge is 0.488 e. The quantitative estimate of drug-likeness (QED) is 0.136. The van der Waals surface area contributed by atoms with E-state index >= 15 is 0 Å². The molecule has 4 nitrogen and oxygen atoms in total. The van der Waals surface area contributed by atoms with Crippen LogP contribution in [0.25, 0.3) is 11.1 Å². The van der Waals surface area contributed by atoms with Crippen molar-refractivity contribution in [1.82, 2.24) is 0 Å². The molecule has 0 amide bonds. The topological polar surface area (TPSA) is 36.9 Å². The molecule has 7 rings (SSSR count). The van der Waals surface area contributed by atoms with Gasteiger partial charge in [0.05, 0.1) is 16.3 Å². The van der Waals surface area contributed by atoms with Gasteiger partial charge in [0, 0.05) is 0 Å². The van der Waals surface area contributed by atoms with Gasteiger partial charge in [0.1, 0.15) is 45.4 Å². The van der Waals surface area contributed by atoms with Crippen LogP contribution < -0.4 is 18.9 Å². The standard InChI is InChI=1S/C53H59O4S/c1-49(2,3)54-38-21-17-36(18-22-38)53(37-19-23-39(24-20-37)55-50(4,5)6)47-16-14-13-15-45(47)46-34-33-44(35-48(46)53)58(42-29-25-40(26-30-42)56-51(7,8)9)43-31-27-41(28-32-43)57-52(10,11)12/h13-35H,1-12H3/q+1. The molecule has 0 heterocycles. The SMILES string of the molecule is CC(C)(C)Oc1ccc([S+](c2ccc(OC(C)(C)C)cc2)c2ccc3c(c2)C(c2ccc(OC(C)(C)C)cc2)(c2ccc(OC(C)(C)C)cc2)c2ccccc2-3)cc1. The van der Waals surface area contributed by atoms with E-state index in [0.29, 0.717) is 0 Å². The second kappa shape index (κ2) is 15.2. The van der Waals surface area contributed by atoms with Crippen LogP contribution in [-0.2, 0) is 16.3 Å². The zero-order valence-corrected chi connectivity index (χ0v) is 37.1. The lowest BCUT2D eigenvalue weighted by Gasteiger charge is -2.34. The molecule has 1 aliphatic carbocycles. The smallest absolute Gasteiger partial charge is 0.166 e. The highest BCUT2D eigenvalue weighted by Crippen LogP contribution is 2.57. The second-order valence-electron chi connectivity index (χ2n) is 19.2. The first-order chi connectivity index (χ1) is 27.2. The maximum atomic E-state index is 6.34. The van der Waals surface area contributed by atoms with Crippen LogP contribution in [0.1, 0.15) is 105 Å². The summed E-state index contributed by atoms with van der Waals surface area (Å²) in [4.78, 5) is 3.64. The Hall–Kier alpha value is -5.13. The summed E-state index contributed by atoms with van der Waals surface area (Å²) in [6.45, 7) is 25.0. The lowest BCUT2D eigenvalue weighted by Crippen LogP contribution is -2.29. The fourth-order valence-corrected chi connectivity index (χ4v) is 9.90. The third kappa shape index (κ3) is 8.95. The summed E-state index contributed by atoms with van der Waals surface area (Å²) in [5.41, 5.74) is 5.49. The first-order valence-electron chi connectivity index (χ1n) is 20.3. The highest BCUT2D eigenvalue weighted by Gasteiger charge is 2.47. The lowest BCUT2D eigenvalue weighted by atomic mass is 9.67. The van der Waals surface area contributed by atoms with Crippen molar-refractivity contribution >= 4 is 10.9 Å². The van der Waals surface area contributed by atoms with Crippen molar-refractivity contribution in [1.29, 1.82) is 0 Å². The van der Waals surface area contributed by atoms with Crippen molar-refractivity contribution in [2.24, 2.45) is 0 Å². The van der Waals surface area contributed by atoms with Crippen molar-refractivity contribution in [3.05, 3.63) is 162 Å². The Kier molecular flexibility index (Phi) is 10.8. The number of rotatable bonds is 9. The molecule has 0 aliphatic heterocycles. The van der Waals surface area contributed by atoms with Crippen LogP contribution in [0.15, 0.2) is 154 Å². The van der Waals surface area contributed by atoms with Crippen molar-refractivity contribution in [3.8, 4) is 34.1 Å². The van der Waals surface area contributed by atoms with E-state index < -0.39 is 16.3 Å². The molecule has 0 aromatic heterocycles. The van der Waals surface area contributed by atoms with Crippen molar-refractivity contribution in [2.45, 2.75) is 126 Å². The molecule has 0 saturated carbocycles. The molecule has 0 saturated heterocycles. The van der Waals surface area contributed by atoms with Crippen LogP contribution in [0.5, 0.6) is 23.0 Å². The summed E-state index contributed by atoms with van der Waals surface area (Å²) < 4.78 is 25.2. The Morgan fingerprint density at radius 2 is 0.672 bits per heavy atom. The van der Waals surface area contributed by atoms with Crippen molar-refractivity contribution in [3.63, 3.8) is 0 Å². The summed E-state index contributed by atoms with van der Waals surface area (Å²) in [7, 11) is -0.462. The van der Waals surface area contributed by atoms with E-state index in [4.69, 9.17) is 18.9 Å². The number of ether oxygens (including phenoxy) is 4. The van der Waals surface area contributed by atoms with Crippen LogP contribution in [0.2, 0.25) is 0 Å². The maximum Gasteiger partial charge on any atom is 0.166 e. The molecule has 1 aliphatic rings. The van der Waals surface area contributed by atoms with Crippen LogP contribution in [-0.4, -0.2) is 22.4 Å². The normalized spacial score (nSPS) is 13.8. The molecule has 0 unspecified atom stereocenters. The lowest BCUT2D eigenvalue weighted by molar-refractivity contribution is 0.130. The minimum atomic E-state index is -0.619. The van der Waals surface area contributed by atoms with Gasteiger partial charge >= 0.3 is 0 Å². The molecular weight excluding hydrogens is 733 g/mol. The zero-order valence-electron chi connectivity index (χ0n) is 36.3. The molecular formula is C53H59O4S+. The Balaban J connectivity index is 1.45. The van der Waals surface area contributed by atoms with E-state index in [1.165, 1.54) is 48.1 Å². The van der Waals surface area contributed by atoms with E-state index in [1.54, 1.807) is 0 Å². The summed E-state index contributed by atoms with van der Waals surface area (Å²) >= 11 is 0. The van der Waals surface area contributed by atoms with E-state index in [-0.39, 0.29) is 22.4 Å². The highest BCUT2D eigenvalue weighted by molar-refractivity contribution is 7.97. The molecule has 5 heteroatoms. The predicted molar refractivity (Wildman–Crippen MR) is 240 cm³/mol. The van der Waals surface area contributed by atoms with Crippen molar-refractivity contribution < 1.29 is 18.9 Å². The molecule has 58 heavy (non-hydrogen) atoms. The first kappa shape index (κ1) is 41.0. The maximum absolute atomic E-state index is 6.34. The Bertz CT molecular complexity index is 2230. The Morgan fingerprint density at radius 3 is 1.05 bits per heavy atom. The molecule has 0 fully saturated rings. The Labute approximate surface area is 349 Å². The minimum absolute atomic E-state index is 0.293. The van der Waals surface area contributed by atoms with Crippen LogP contribution >= 0.6 is 0 Å². The van der Waals surface area contributed by atoms with Crippen molar-refractivity contribution in [2.75, 3.05) is 0 Å². The van der Waals surface area contributed by atoms with E-state index in [1.807, 2.05) is 0 Å². The highest BCUT2D eigenvalue weighted by atomic mass is 32.2. The van der Waals surface area contributed by atoms with Gasteiger partial charge in [-0.25, -0.2) is 0 Å². The van der Waals surface area contributed by atoms with E-state index in [9.17, 15) is 0 Å². The van der Waals surface area contributed by atoms with Gasteiger partial charge in [0.15, 0.2) is 14.7 Å². The summed E-state index contributed by atoms with van der Waals surface area (Å²) in [6.07, 6.45) is 0. The van der Waals surface area contributed by atoms with Gasteiger partial charge in [-0.15, -0.1) is 0 Å².